The van der Waals surface area contributed by atoms with Gasteiger partial charge in [-0.15, -0.1) is 0 Å². The van der Waals surface area contributed by atoms with Gasteiger partial charge in [0.05, 0.1) is 16.1 Å². The summed E-state index contributed by atoms with van der Waals surface area (Å²) in [7, 11) is -3.76. The molecule has 0 aliphatic carbocycles. The number of para-hydroxylation sites is 1. The van der Waals surface area contributed by atoms with Crippen LogP contribution in [-0.4, -0.2) is 19.9 Å². The number of carbonyl (C=O) groups is 1. The lowest BCUT2D eigenvalue weighted by atomic mass is 10.1. The molecule has 2 rings (SSSR count). The maximum Gasteiger partial charge on any atom is 0.261 e. The van der Waals surface area contributed by atoms with Crippen LogP contribution in [0, 0.1) is 6.92 Å². The first-order valence-electron chi connectivity index (χ1n) is 7.59. The molecule has 5 nitrogen and oxygen atoms in total. The second-order valence-corrected chi connectivity index (χ2v) is 8.35. The van der Waals surface area contributed by atoms with Crippen molar-refractivity contribution in [3.8, 4) is 0 Å². The Bertz CT molecular complexity index is 835. The van der Waals surface area contributed by atoms with Crippen molar-refractivity contribution >= 4 is 21.6 Å². The number of carbonyl (C=O) groups excluding carboxylic acids is 1. The van der Waals surface area contributed by atoms with Gasteiger partial charge in [0.15, 0.2) is 0 Å². The molecule has 128 valence electrons. The normalized spacial score (nSPS) is 11.8. The maximum atomic E-state index is 12.5. The van der Waals surface area contributed by atoms with Crippen LogP contribution in [0.1, 0.15) is 36.7 Å². The number of hydrogen-bond acceptors (Lipinski definition) is 3. The highest BCUT2D eigenvalue weighted by Crippen LogP contribution is 2.21. The number of nitrogens with one attached hydrogen (secondary N) is 2. The Labute approximate surface area is 143 Å². The van der Waals surface area contributed by atoms with Crippen molar-refractivity contribution in [3.05, 3.63) is 59.7 Å². The molecule has 0 bridgehead atoms. The Balaban J connectivity index is 2.33. The largest absolute Gasteiger partial charge is 0.347 e. The lowest BCUT2D eigenvalue weighted by molar-refractivity contribution is 0.0920. The van der Waals surface area contributed by atoms with Crippen LogP contribution in [0.15, 0.2) is 53.4 Å². The average molecular weight is 346 g/mol. The Hall–Kier alpha value is -2.34. The monoisotopic (exact) mass is 346 g/mol. The summed E-state index contributed by atoms with van der Waals surface area (Å²) in [6.07, 6.45) is 0. The predicted octanol–water partition coefficient (Wildman–Crippen LogP) is 3.32. The van der Waals surface area contributed by atoms with Gasteiger partial charge in [-0.1, -0.05) is 29.8 Å². The number of benzene rings is 2. The third-order valence-corrected chi connectivity index (χ3v) is 4.62. The zero-order valence-corrected chi connectivity index (χ0v) is 15.1. The maximum absolute atomic E-state index is 12.5. The zero-order chi connectivity index (χ0) is 18.0. The minimum atomic E-state index is -3.76. The fourth-order valence-electron chi connectivity index (χ4n) is 2.10. The van der Waals surface area contributed by atoms with E-state index < -0.39 is 15.6 Å². The summed E-state index contributed by atoms with van der Waals surface area (Å²) in [5, 5.41) is 2.84. The van der Waals surface area contributed by atoms with Gasteiger partial charge < -0.3 is 5.32 Å². The average Bonchev–Trinajstić information content (AvgIpc) is 2.46. The molecule has 0 fully saturated rings. The summed E-state index contributed by atoms with van der Waals surface area (Å²) >= 11 is 0. The summed E-state index contributed by atoms with van der Waals surface area (Å²) in [5.41, 5.74) is 1.09. The van der Waals surface area contributed by atoms with Gasteiger partial charge in [0.1, 0.15) is 0 Å². The molecule has 2 aromatic rings. The van der Waals surface area contributed by atoms with Gasteiger partial charge >= 0.3 is 0 Å². The molecule has 0 saturated heterocycles. The first-order valence-corrected chi connectivity index (χ1v) is 9.08. The van der Waals surface area contributed by atoms with Crippen LogP contribution < -0.4 is 10.0 Å². The zero-order valence-electron chi connectivity index (χ0n) is 14.3. The molecule has 0 heterocycles. The van der Waals surface area contributed by atoms with Crippen LogP contribution in [0.5, 0.6) is 0 Å². The van der Waals surface area contributed by atoms with Gasteiger partial charge in [0.2, 0.25) is 0 Å². The van der Waals surface area contributed by atoms with Crippen molar-refractivity contribution in [2.45, 2.75) is 38.1 Å². The van der Waals surface area contributed by atoms with Crippen molar-refractivity contribution in [1.29, 1.82) is 0 Å². The Morgan fingerprint density at radius 1 is 0.958 bits per heavy atom. The van der Waals surface area contributed by atoms with E-state index in [9.17, 15) is 13.2 Å². The molecule has 0 spiro atoms. The number of aryl methyl sites for hydroxylation is 1. The standard InChI is InChI=1S/C18H22N2O3S/c1-13-9-11-14(12-10-13)24(22,23)20-16-8-6-5-7-15(16)17(21)19-18(2,3)4/h5-12,20H,1-4H3,(H,19,21). The quantitative estimate of drug-likeness (QED) is 0.892. The summed E-state index contributed by atoms with van der Waals surface area (Å²) < 4.78 is 27.6. The van der Waals surface area contributed by atoms with Crippen molar-refractivity contribution in [3.63, 3.8) is 0 Å². The van der Waals surface area contributed by atoms with Gasteiger partial charge in [-0.25, -0.2) is 8.42 Å². The minimum absolute atomic E-state index is 0.152. The number of anilines is 1. The molecule has 0 aliphatic heterocycles. The Morgan fingerprint density at radius 2 is 1.54 bits per heavy atom. The molecule has 0 unspecified atom stereocenters. The van der Waals surface area contributed by atoms with Crippen LogP contribution in [-0.2, 0) is 10.0 Å². The third-order valence-electron chi connectivity index (χ3n) is 3.24. The van der Waals surface area contributed by atoms with E-state index in [1.807, 2.05) is 27.7 Å². The fraction of sp³-hybridized carbons (Fsp3) is 0.278. The molecule has 6 heteroatoms. The minimum Gasteiger partial charge on any atom is -0.347 e. The molecular formula is C18H22N2O3S. The number of sulfonamides is 1. The van der Waals surface area contributed by atoms with Crippen LogP contribution >= 0.6 is 0 Å². The second-order valence-electron chi connectivity index (χ2n) is 6.67. The molecule has 2 aromatic carbocycles. The molecule has 24 heavy (non-hydrogen) atoms. The lowest BCUT2D eigenvalue weighted by Gasteiger charge is -2.21. The summed E-state index contributed by atoms with van der Waals surface area (Å²) in [4.78, 5) is 12.6. The molecular weight excluding hydrogens is 324 g/mol. The highest BCUT2D eigenvalue weighted by molar-refractivity contribution is 7.92. The van der Waals surface area contributed by atoms with Crippen LogP contribution in [0.3, 0.4) is 0 Å². The smallest absolute Gasteiger partial charge is 0.261 e. The van der Waals surface area contributed by atoms with E-state index in [0.29, 0.717) is 0 Å². The highest BCUT2D eigenvalue weighted by atomic mass is 32.2. The second kappa shape index (κ2) is 6.65. The molecule has 1 amide bonds. The van der Waals surface area contributed by atoms with Gasteiger partial charge in [0, 0.05) is 5.54 Å². The number of rotatable bonds is 4. The van der Waals surface area contributed by atoms with E-state index in [1.165, 1.54) is 12.1 Å². The predicted molar refractivity (Wildman–Crippen MR) is 95.6 cm³/mol. The molecule has 0 saturated carbocycles. The lowest BCUT2D eigenvalue weighted by Crippen LogP contribution is -2.40. The van der Waals surface area contributed by atoms with Gasteiger partial charge in [0.25, 0.3) is 15.9 Å². The molecule has 0 radical (unpaired) electrons. The summed E-state index contributed by atoms with van der Waals surface area (Å²) in [5.74, 6) is -0.329. The van der Waals surface area contributed by atoms with E-state index in [-0.39, 0.29) is 22.1 Å². The molecule has 0 aromatic heterocycles. The first kappa shape index (κ1) is 18.0. The van der Waals surface area contributed by atoms with Crippen molar-refractivity contribution in [2.24, 2.45) is 0 Å². The Kier molecular flexibility index (Phi) is 4.99. The van der Waals surface area contributed by atoms with E-state index in [2.05, 4.69) is 10.0 Å². The van der Waals surface area contributed by atoms with Crippen LogP contribution in [0.4, 0.5) is 5.69 Å². The molecule has 2 N–H and O–H groups in total. The van der Waals surface area contributed by atoms with E-state index >= 15 is 0 Å². The van der Waals surface area contributed by atoms with E-state index in [1.54, 1.807) is 36.4 Å². The van der Waals surface area contributed by atoms with Crippen molar-refractivity contribution < 1.29 is 13.2 Å². The summed E-state index contributed by atoms with van der Waals surface area (Å²) in [6, 6.07) is 13.1. The Morgan fingerprint density at radius 3 is 2.12 bits per heavy atom. The van der Waals surface area contributed by atoms with Gasteiger partial charge in [-0.3, -0.25) is 9.52 Å². The SMILES string of the molecule is Cc1ccc(S(=O)(=O)Nc2ccccc2C(=O)NC(C)(C)C)cc1. The molecule has 0 aliphatic rings. The fourth-order valence-corrected chi connectivity index (χ4v) is 3.18. The van der Waals surface area contributed by atoms with E-state index in [0.717, 1.165) is 5.56 Å². The number of hydrogen-bond donors (Lipinski definition) is 2. The third kappa shape index (κ3) is 4.58. The van der Waals surface area contributed by atoms with Crippen molar-refractivity contribution in [2.75, 3.05) is 4.72 Å². The summed E-state index contributed by atoms with van der Waals surface area (Å²) in [6.45, 7) is 7.48. The van der Waals surface area contributed by atoms with Gasteiger partial charge in [-0.2, -0.15) is 0 Å². The van der Waals surface area contributed by atoms with Gasteiger partial charge in [-0.05, 0) is 52.0 Å². The molecule has 0 atom stereocenters. The topological polar surface area (TPSA) is 75.3 Å². The van der Waals surface area contributed by atoms with E-state index in [4.69, 9.17) is 0 Å². The van der Waals surface area contributed by atoms with Crippen LogP contribution in [0.25, 0.3) is 0 Å². The van der Waals surface area contributed by atoms with Crippen molar-refractivity contribution in [1.82, 2.24) is 5.32 Å². The van der Waals surface area contributed by atoms with Crippen LogP contribution in [0.2, 0.25) is 0 Å². The highest BCUT2D eigenvalue weighted by Gasteiger charge is 2.21. The number of amides is 1. The first-order chi connectivity index (χ1) is 11.1.